The molecule has 0 spiro atoms. The van der Waals surface area contributed by atoms with Crippen LogP contribution in [0.2, 0.25) is 0 Å². The SMILES string of the molecule is C[C@@H](NCCP(C)c1ccccc1)c1ccccc1. The van der Waals surface area contributed by atoms with Crippen LogP contribution in [-0.4, -0.2) is 19.4 Å². The van der Waals surface area contributed by atoms with Gasteiger partial charge >= 0.3 is 0 Å². The van der Waals surface area contributed by atoms with Gasteiger partial charge in [-0.3, -0.25) is 0 Å². The van der Waals surface area contributed by atoms with Crippen molar-refractivity contribution in [1.29, 1.82) is 0 Å². The van der Waals surface area contributed by atoms with Gasteiger partial charge in [-0.25, -0.2) is 0 Å². The molecule has 0 fully saturated rings. The molecule has 1 nitrogen and oxygen atoms in total. The maximum atomic E-state index is 3.62. The summed E-state index contributed by atoms with van der Waals surface area (Å²) in [5, 5.41) is 5.11. The smallest absolute Gasteiger partial charge is 0.0291 e. The van der Waals surface area contributed by atoms with Crippen molar-refractivity contribution >= 4 is 13.2 Å². The molecule has 100 valence electrons. The molecule has 1 unspecified atom stereocenters. The Labute approximate surface area is 117 Å². The van der Waals surface area contributed by atoms with E-state index in [1.165, 1.54) is 17.0 Å². The largest absolute Gasteiger partial charge is 0.310 e. The number of benzene rings is 2. The molecule has 2 atom stereocenters. The molecule has 2 heteroatoms. The summed E-state index contributed by atoms with van der Waals surface area (Å²) in [5.41, 5.74) is 1.36. The number of hydrogen-bond donors (Lipinski definition) is 1. The summed E-state index contributed by atoms with van der Waals surface area (Å²) < 4.78 is 0. The van der Waals surface area contributed by atoms with Gasteiger partial charge in [0.25, 0.3) is 0 Å². The van der Waals surface area contributed by atoms with Crippen LogP contribution in [0.1, 0.15) is 18.5 Å². The Morgan fingerprint density at radius 3 is 2.16 bits per heavy atom. The lowest BCUT2D eigenvalue weighted by Crippen LogP contribution is -2.22. The van der Waals surface area contributed by atoms with Crippen LogP contribution in [0.3, 0.4) is 0 Å². The second-order valence-corrected chi connectivity index (χ2v) is 7.20. The lowest BCUT2D eigenvalue weighted by atomic mass is 10.1. The highest BCUT2D eigenvalue weighted by Gasteiger charge is 2.06. The molecule has 0 heterocycles. The third-order valence-electron chi connectivity index (χ3n) is 3.39. The first-order valence-corrected chi connectivity index (χ1v) is 8.79. The first-order valence-electron chi connectivity index (χ1n) is 6.82. The highest BCUT2D eigenvalue weighted by molar-refractivity contribution is 7.64. The second kappa shape index (κ2) is 7.43. The van der Waals surface area contributed by atoms with E-state index < -0.39 is 0 Å². The van der Waals surface area contributed by atoms with Crippen LogP contribution in [0.5, 0.6) is 0 Å². The normalized spacial score (nSPS) is 14.0. The van der Waals surface area contributed by atoms with Crippen molar-refractivity contribution in [2.75, 3.05) is 19.4 Å². The molecule has 0 radical (unpaired) electrons. The van der Waals surface area contributed by atoms with Crippen LogP contribution < -0.4 is 10.6 Å². The summed E-state index contributed by atoms with van der Waals surface area (Å²) in [6.07, 6.45) is 1.23. The average molecular weight is 271 g/mol. The molecule has 0 aliphatic rings. The Bertz CT molecular complexity index is 424. The van der Waals surface area contributed by atoms with E-state index in [4.69, 9.17) is 0 Å². The Morgan fingerprint density at radius 1 is 0.947 bits per heavy atom. The fourth-order valence-electron chi connectivity index (χ4n) is 2.12. The van der Waals surface area contributed by atoms with Gasteiger partial charge in [-0.1, -0.05) is 68.6 Å². The van der Waals surface area contributed by atoms with Crippen LogP contribution >= 0.6 is 7.92 Å². The fourth-order valence-corrected chi connectivity index (χ4v) is 3.52. The van der Waals surface area contributed by atoms with Gasteiger partial charge in [0.05, 0.1) is 0 Å². The Hall–Kier alpha value is -1.17. The van der Waals surface area contributed by atoms with Gasteiger partial charge in [0.2, 0.25) is 0 Å². The van der Waals surface area contributed by atoms with Gasteiger partial charge in [0.15, 0.2) is 0 Å². The minimum absolute atomic E-state index is 0.0377. The first kappa shape index (κ1) is 14.2. The zero-order chi connectivity index (χ0) is 13.5. The molecule has 0 saturated carbocycles. The Balaban J connectivity index is 1.78. The quantitative estimate of drug-likeness (QED) is 0.789. The number of nitrogens with one attached hydrogen (secondary N) is 1. The van der Waals surface area contributed by atoms with E-state index in [0.717, 1.165) is 6.54 Å². The molecule has 0 bridgehead atoms. The molecule has 19 heavy (non-hydrogen) atoms. The van der Waals surface area contributed by atoms with E-state index >= 15 is 0 Å². The molecule has 0 amide bonds. The van der Waals surface area contributed by atoms with Crippen molar-refractivity contribution in [1.82, 2.24) is 5.32 Å². The summed E-state index contributed by atoms with van der Waals surface area (Å²) in [5.74, 6) is 0. The predicted molar refractivity (Wildman–Crippen MR) is 86.6 cm³/mol. The van der Waals surface area contributed by atoms with Crippen LogP contribution in [0.15, 0.2) is 60.7 Å². The van der Waals surface area contributed by atoms with Crippen molar-refractivity contribution in [2.24, 2.45) is 0 Å². The summed E-state index contributed by atoms with van der Waals surface area (Å²) in [6, 6.07) is 21.9. The first-order chi connectivity index (χ1) is 9.27. The van der Waals surface area contributed by atoms with Crippen molar-refractivity contribution in [2.45, 2.75) is 13.0 Å². The van der Waals surface area contributed by atoms with E-state index in [-0.39, 0.29) is 7.92 Å². The van der Waals surface area contributed by atoms with Crippen LogP contribution in [0.25, 0.3) is 0 Å². The minimum atomic E-state index is -0.0377. The summed E-state index contributed by atoms with van der Waals surface area (Å²) >= 11 is 0. The van der Waals surface area contributed by atoms with Gasteiger partial charge in [-0.05, 0) is 37.2 Å². The topological polar surface area (TPSA) is 12.0 Å². The number of hydrogen-bond acceptors (Lipinski definition) is 1. The van der Waals surface area contributed by atoms with E-state index in [9.17, 15) is 0 Å². The van der Waals surface area contributed by atoms with E-state index in [1.54, 1.807) is 0 Å². The third-order valence-corrected chi connectivity index (χ3v) is 5.47. The van der Waals surface area contributed by atoms with Crippen molar-refractivity contribution in [3.8, 4) is 0 Å². The van der Waals surface area contributed by atoms with Crippen molar-refractivity contribution in [3.05, 3.63) is 66.2 Å². The molecule has 0 aliphatic heterocycles. The summed E-state index contributed by atoms with van der Waals surface area (Å²) in [4.78, 5) is 0. The van der Waals surface area contributed by atoms with Gasteiger partial charge in [0, 0.05) is 6.04 Å². The third kappa shape index (κ3) is 4.45. The molecule has 1 N–H and O–H groups in total. The zero-order valence-electron chi connectivity index (χ0n) is 11.7. The van der Waals surface area contributed by atoms with Gasteiger partial charge in [0.1, 0.15) is 0 Å². The number of rotatable bonds is 6. The lowest BCUT2D eigenvalue weighted by molar-refractivity contribution is 0.600. The summed E-state index contributed by atoms with van der Waals surface area (Å²) in [7, 11) is -0.0377. The minimum Gasteiger partial charge on any atom is -0.310 e. The predicted octanol–water partition coefficient (Wildman–Crippen LogP) is 3.77. The second-order valence-electron chi connectivity index (χ2n) is 4.84. The summed E-state index contributed by atoms with van der Waals surface area (Å²) in [6.45, 7) is 5.67. The van der Waals surface area contributed by atoms with E-state index in [2.05, 4.69) is 79.6 Å². The maximum absolute atomic E-state index is 3.62. The average Bonchev–Trinajstić information content (AvgIpc) is 2.49. The molecule has 0 saturated heterocycles. The van der Waals surface area contributed by atoms with Crippen LogP contribution in [-0.2, 0) is 0 Å². The van der Waals surface area contributed by atoms with Crippen LogP contribution in [0, 0.1) is 0 Å². The van der Waals surface area contributed by atoms with E-state index in [1.807, 2.05) is 0 Å². The molecular weight excluding hydrogens is 249 g/mol. The molecule has 2 aromatic carbocycles. The monoisotopic (exact) mass is 271 g/mol. The fraction of sp³-hybridized carbons (Fsp3) is 0.294. The van der Waals surface area contributed by atoms with E-state index in [0.29, 0.717) is 6.04 Å². The Morgan fingerprint density at radius 2 is 1.53 bits per heavy atom. The van der Waals surface area contributed by atoms with Crippen molar-refractivity contribution in [3.63, 3.8) is 0 Å². The van der Waals surface area contributed by atoms with Gasteiger partial charge in [-0.15, -0.1) is 0 Å². The molecular formula is C17H22NP. The lowest BCUT2D eigenvalue weighted by Gasteiger charge is -2.17. The Kier molecular flexibility index (Phi) is 5.57. The molecule has 2 aromatic rings. The van der Waals surface area contributed by atoms with Gasteiger partial charge < -0.3 is 5.32 Å². The molecule has 2 rings (SSSR count). The molecule has 0 aliphatic carbocycles. The van der Waals surface area contributed by atoms with Crippen LogP contribution in [0.4, 0.5) is 0 Å². The van der Waals surface area contributed by atoms with Crippen molar-refractivity contribution < 1.29 is 0 Å². The standard InChI is InChI=1S/C17H22NP/c1-15(16-9-5-3-6-10-16)18-13-14-19(2)17-11-7-4-8-12-17/h3-12,15,18H,13-14H2,1-2H3/t15-,19?/m1/s1. The zero-order valence-corrected chi connectivity index (χ0v) is 12.6. The highest BCUT2D eigenvalue weighted by atomic mass is 31.1. The molecule has 0 aromatic heterocycles. The maximum Gasteiger partial charge on any atom is 0.0291 e. The highest BCUT2D eigenvalue weighted by Crippen LogP contribution is 2.28. The van der Waals surface area contributed by atoms with Gasteiger partial charge in [-0.2, -0.15) is 0 Å².